The molecule has 40 heavy (non-hydrogen) atoms. The van der Waals surface area contributed by atoms with Crippen LogP contribution in [0.1, 0.15) is 36.2 Å². The number of aromatic amines is 1. The van der Waals surface area contributed by atoms with Crippen molar-refractivity contribution in [2.45, 2.75) is 40.7 Å². The highest BCUT2D eigenvalue weighted by molar-refractivity contribution is 6.30. The summed E-state index contributed by atoms with van der Waals surface area (Å²) in [5.41, 5.74) is 13.1. The van der Waals surface area contributed by atoms with E-state index in [1.54, 1.807) is 0 Å². The van der Waals surface area contributed by atoms with E-state index in [-0.39, 0.29) is 12.5 Å². The van der Waals surface area contributed by atoms with E-state index in [0.717, 1.165) is 94.8 Å². The van der Waals surface area contributed by atoms with E-state index in [0.29, 0.717) is 6.54 Å². The summed E-state index contributed by atoms with van der Waals surface area (Å²) in [5.74, 6) is 1.40. The second kappa shape index (κ2) is 11.8. The summed E-state index contributed by atoms with van der Waals surface area (Å²) in [4.78, 5) is 28.7. The van der Waals surface area contributed by atoms with Crippen molar-refractivity contribution in [3.63, 3.8) is 0 Å². The third kappa shape index (κ3) is 5.48. The molecule has 0 bridgehead atoms. The Morgan fingerprint density at radius 3 is 2.50 bits per heavy atom. The van der Waals surface area contributed by atoms with E-state index in [2.05, 4.69) is 50.9 Å². The molecule has 9 nitrogen and oxygen atoms in total. The molecular weight excluding hydrogens is 524 g/mol. The molecule has 6 rings (SSSR count). The van der Waals surface area contributed by atoms with Gasteiger partial charge in [-0.2, -0.15) is 5.10 Å². The third-order valence-corrected chi connectivity index (χ3v) is 7.89. The number of amides is 1. The van der Waals surface area contributed by atoms with Crippen LogP contribution in [-0.4, -0.2) is 70.2 Å². The van der Waals surface area contributed by atoms with Crippen molar-refractivity contribution in [1.82, 2.24) is 25.1 Å². The quantitative estimate of drug-likeness (QED) is 0.370. The topological polar surface area (TPSA) is 107 Å². The van der Waals surface area contributed by atoms with Crippen molar-refractivity contribution in [2.24, 2.45) is 5.73 Å². The molecule has 4 heterocycles. The van der Waals surface area contributed by atoms with Crippen molar-refractivity contribution >= 4 is 39.9 Å². The van der Waals surface area contributed by atoms with Gasteiger partial charge in [-0.15, -0.1) is 0 Å². The zero-order chi connectivity index (χ0) is 28.4. The highest BCUT2D eigenvalue weighted by atomic mass is 35.5. The van der Waals surface area contributed by atoms with Gasteiger partial charge in [0.05, 0.1) is 24.0 Å². The fourth-order valence-electron chi connectivity index (χ4n) is 5.66. The molecule has 210 valence electrons. The summed E-state index contributed by atoms with van der Waals surface area (Å²) in [6.45, 7) is 13.1. The molecule has 10 heteroatoms. The molecule has 0 aliphatic carbocycles. The Kier molecular flexibility index (Phi) is 8.23. The van der Waals surface area contributed by atoms with Gasteiger partial charge >= 0.3 is 0 Å². The van der Waals surface area contributed by atoms with E-state index >= 15 is 0 Å². The Bertz CT molecular complexity index is 1530. The summed E-state index contributed by atoms with van der Waals surface area (Å²) >= 11 is 6.38. The largest absolute Gasteiger partial charge is 0.369 e. The van der Waals surface area contributed by atoms with Crippen LogP contribution in [0.25, 0.3) is 22.3 Å². The number of fused-ring (bicyclic) bond motifs is 2. The minimum Gasteiger partial charge on any atom is -0.369 e. The van der Waals surface area contributed by atoms with E-state index in [1.165, 1.54) is 5.56 Å². The van der Waals surface area contributed by atoms with Crippen LogP contribution in [0.2, 0.25) is 5.02 Å². The summed E-state index contributed by atoms with van der Waals surface area (Å²) in [5, 5.41) is 9.10. The highest BCUT2D eigenvalue weighted by Crippen LogP contribution is 2.36. The fraction of sp³-hybridized carbons (Fsp3) is 0.400. The molecule has 1 saturated heterocycles. The molecule has 2 aromatic heterocycles. The smallest absolute Gasteiger partial charge is 0.231 e. The number of nitrogens with one attached hydrogen (secondary N) is 1. The maximum absolute atomic E-state index is 11.5. The molecule has 1 fully saturated rings. The normalized spacial score (nSPS) is 15.5. The number of aromatic nitrogens is 4. The van der Waals surface area contributed by atoms with Crippen LogP contribution in [0.3, 0.4) is 0 Å². The summed E-state index contributed by atoms with van der Waals surface area (Å²) in [6.07, 6.45) is 2.66. The molecule has 3 N–H and O–H groups in total. The molecule has 0 radical (unpaired) electrons. The Hall–Kier alpha value is -3.69. The van der Waals surface area contributed by atoms with Gasteiger partial charge in [-0.25, -0.2) is 9.97 Å². The number of halogens is 1. The SMILES string of the molecule is CC.Cc1ccc(Cl)cc1N1CCc2nc(-c3c(C)ccc4[nH]ncc34)nc(N3CCN(CC(N)=O)CC3)c2C1. The van der Waals surface area contributed by atoms with Gasteiger partial charge in [0.2, 0.25) is 5.91 Å². The standard InChI is InChI=1S/C28H31ClN8O.C2H6/c1-17-3-5-19(29)13-24(17)37-8-7-22-21(15-37)28(36-11-9-35(10-12-36)16-25(30)38)33-27(32-22)26-18(2)4-6-23-20(26)14-31-34-23;1-2/h3-6,13-14H,7-12,15-16H2,1-2H3,(H2,30,38)(H,31,34);1-2H3. The van der Waals surface area contributed by atoms with Gasteiger partial charge in [0.25, 0.3) is 0 Å². The number of rotatable bonds is 5. The minimum atomic E-state index is -0.295. The average molecular weight is 561 g/mol. The first kappa shape index (κ1) is 27.9. The molecule has 2 aromatic carbocycles. The first-order valence-corrected chi connectivity index (χ1v) is 14.3. The number of aryl methyl sites for hydroxylation is 2. The second-order valence-electron chi connectivity index (χ2n) is 10.2. The number of primary amides is 1. The number of benzene rings is 2. The van der Waals surface area contributed by atoms with Gasteiger partial charge in [-0.1, -0.05) is 37.6 Å². The van der Waals surface area contributed by atoms with Crippen molar-refractivity contribution in [1.29, 1.82) is 0 Å². The molecule has 2 aliphatic rings. The van der Waals surface area contributed by atoms with Crippen LogP contribution < -0.4 is 15.5 Å². The minimum absolute atomic E-state index is 0.282. The molecule has 0 atom stereocenters. The second-order valence-corrected chi connectivity index (χ2v) is 10.7. The summed E-state index contributed by atoms with van der Waals surface area (Å²) < 4.78 is 0. The Balaban J connectivity index is 0.00000158. The molecule has 0 saturated carbocycles. The van der Waals surface area contributed by atoms with E-state index in [1.807, 2.05) is 38.2 Å². The van der Waals surface area contributed by atoms with Crippen molar-refractivity contribution in [3.8, 4) is 11.4 Å². The van der Waals surface area contributed by atoms with Gasteiger partial charge < -0.3 is 15.5 Å². The number of piperazine rings is 1. The van der Waals surface area contributed by atoms with E-state index in [4.69, 9.17) is 27.3 Å². The van der Waals surface area contributed by atoms with Gasteiger partial charge in [-0.05, 0) is 43.2 Å². The van der Waals surface area contributed by atoms with Crippen LogP contribution in [0.5, 0.6) is 0 Å². The monoisotopic (exact) mass is 560 g/mol. The molecule has 0 unspecified atom stereocenters. The number of nitrogens with two attached hydrogens (primary N) is 1. The van der Waals surface area contributed by atoms with Gasteiger partial charge in [0.1, 0.15) is 5.82 Å². The van der Waals surface area contributed by atoms with Crippen molar-refractivity contribution < 1.29 is 4.79 Å². The predicted molar refractivity (Wildman–Crippen MR) is 162 cm³/mol. The summed E-state index contributed by atoms with van der Waals surface area (Å²) in [6, 6.07) is 10.2. The van der Waals surface area contributed by atoms with Crippen LogP contribution in [0.4, 0.5) is 11.5 Å². The van der Waals surface area contributed by atoms with Gasteiger partial charge in [0.15, 0.2) is 5.82 Å². The Morgan fingerprint density at radius 2 is 1.75 bits per heavy atom. The fourth-order valence-corrected chi connectivity index (χ4v) is 5.83. The molecule has 1 amide bonds. The number of nitrogens with zero attached hydrogens (tertiary/aromatic N) is 6. The van der Waals surface area contributed by atoms with Gasteiger partial charge in [-0.3, -0.25) is 14.8 Å². The predicted octanol–water partition coefficient (Wildman–Crippen LogP) is 4.49. The molecule has 0 spiro atoms. The number of carbonyl (C=O) groups is 1. The summed E-state index contributed by atoms with van der Waals surface area (Å²) in [7, 11) is 0. The van der Waals surface area contributed by atoms with Gasteiger partial charge in [0, 0.05) is 72.9 Å². The Labute approximate surface area is 240 Å². The number of H-pyrrole nitrogens is 1. The zero-order valence-electron chi connectivity index (χ0n) is 23.7. The Morgan fingerprint density at radius 1 is 1.00 bits per heavy atom. The van der Waals surface area contributed by atoms with E-state index < -0.39 is 0 Å². The number of carbonyl (C=O) groups excluding carboxylic acids is 1. The molecule has 2 aliphatic heterocycles. The maximum Gasteiger partial charge on any atom is 0.231 e. The maximum atomic E-state index is 11.5. The first-order chi connectivity index (χ1) is 19.4. The average Bonchev–Trinajstić information content (AvgIpc) is 3.43. The number of hydrogen-bond acceptors (Lipinski definition) is 7. The molecular formula is C30H37ClN8O. The third-order valence-electron chi connectivity index (χ3n) is 7.66. The zero-order valence-corrected chi connectivity index (χ0v) is 24.4. The first-order valence-electron chi connectivity index (χ1n) is 14.0. The van der Waals surface area contributed by atoms with E-state index in [9.17, 15) is 4.79 Å². The van der Waals surface area contributed by atoms with Crippen LogP contribution in [-0.2, 0) is 17.8 Å². The van der Waals surface area contributed by atoms with Crippen LogP contribution in [0.15, 0.2) is 36.5 Å². The lowest BCUT2D eigenvalue weighted by Gasteiger charge is -2.38. The van der Waals surface area contributed by atoms with Crippen molar-refractivity contribution in [3.05, 3.63) is 63.9 Å². The van der Waals surface area contributed by atoms with Crippen molar-refractivity contribution in [2.75, 3.05) is 49.1 Å². The lowest BCUT2D eigenvalue weighted by molar-refractivity contribution is -0.119. The molecule has 4 aromatic rings. The lowest BCUT2D eigenvalue weighted by atomic mass is 10.0. The highest BCUT2D eigenvalue weighted by Gasteiger charge is 2.29. The van der Waals surface area contributed by atoms with Crippen LogP contribution in [0, 0.1) is 13.8 Å². The lowest BCUT2D eigenvalue weighted by Crippen LogP contribution is -2.49. The van der Waals surface area contributed by atoms with Crippen LogP contribution >= 0.6 is 11.6 Å². The number of hydrogen-bond donors (Lipinski definition) is 2. The number of anilines is 2.